The van der Waals surface area contributed by atoms with E-state index in [0.717, 1.165) is 0 Å². The van der Waals surface area contributed by atoms with Gasteiger partial charge in [-0.3, -0.25) is 4.79 Å². The summed E-state index contributed by atoms with van der Waals surface area (Å²) in [5.41, 5.74) is 1.66. The van der Waals surface area contributed by atoms with Crippen LogP contribution in [0.3, 0.4) is 0 Å². The number of methoxy groups -OCH3 is 2. The van der Waals surface area contributed by atoms with Gasteiger partial charge in [-0.25, -0.2) is 9.37 Å². The number of hydrogen-bond donors (Lipinski definition) is 1. The van der Waals surface area contributed by atoms with Crippen LogP contribution in [0.2, 0.25) is 0 Å². The van der Waals surface area contributed by atoms with Crippen LogP contribution in [0.5, 0.6) is 11.5 Å². The maximum atomic E-state index is 14.8. The number of H-pyrrole nitrogens is 1. The molecule has 2 aromatic carbocycles. The number of halogens is 1. The molecule has 3 aromatic rings. The van der Waals surface area contributed by atoms with E-state index in [2.05, 4.69) is 16.5 Å². The molecule has 1 aromatic heterocycles. The molecule has 148 valence electrons. The molecular weight excluding hydrogens is 371 g/mol. The Hall–Kier alpha value is -3.67. The SMILES string of the molecule is C=C/C=C(\C=C/C)c1ccc(-c2nc3cc(OC)c(OC)cc3c(=O)[nH]2)cc1F. The lowest BCUT2D eigenvalue weighted by Gasteiger charge is -2.10. The van der Waals surface area contributed by atoms with Crippen LogP contribution >= 0.6 is 0 Å². The summed E-state index contributed by atoms with van der Waals surface area (Å²) in [6, 6.07) is 7.90. The van der Waals surface area contributed by atoms with E-state index in [1.54, 1.807) is 42.5 Å². The predicted octanol–water partition coefficient (Wildman–Crippen LogP) is 4.89. The molecule has 3 rings (SSSR count). The summed E-state index contributed by atoms with van der Waals surface area (Å²) in [4.78, 5) is 19.7. The van der Waals surface area contributed by atoms with Gasteiger partial charge in [0, 0.05) is 17.2 Å². The first-order chi connectivity index (χ1) is 14.0. The lowest BCUT2D eigenvalue weighted by Crippen LogP contribution is -2.10. The average Bonchev–Trinajstić information content (AvgIpc) is 2.72. The van der Waals surface area contributed by atoms with E-state index in [-0.39, 0.29) is 11.4 Å². The Labute approximate surface area is 167 Å². The van der Waals surface area contributed by atoms with Crippen LogP contribution in [0.25, 0.3) is 27.9 Å². The average molecular weight is 392 g/mol. The first-order valence-electron chi connectivity index (χ1n) is 8.94. The Morgan fingerprint density at radius 2 is 1.90 bits per heavy atom. The third-order valence-corrected chi connectivity index (χ3v) is 4.41. The number of fused-ring (bicyclic) bond motifs is 1. The molecule has 0 fully saturated rings. The second-order valence-corrected chi connectivity index (χ2v) is 6.19. The number of nitrogens with one attached hydrogen (secondary N) is 1. The zero-order valence-corrected chi connectivity index (χ0v) is 16.5. The second kappa shape index (κ2) is 8.56. The summed E-state index contributed by atoms with van der Waals surface area (Å²) < 4.78 is 25.3. The fourth-order valence-electron chi connectivity index (χ4n) is 3.04. The molecule has 0 aliphatic carbocycles. The summed E-state index contributed by atoms with van der Waals surface area (Å²) in [7, 11) is 3.00. The van der Waals surface area contributed by atoms with Gasteiger partial charge in [-0.2, -0.15) is 0 Å². The van der Waals surface area contributed by atoms with Gasteiger partial charge >= 0.3 is 0 Å². The standard InChI is InChI=1S/C23H21FN2O3/c1-5-7-14(8-6-2)16-10-9-15(11-18(16)24)22-25-19-13-21(29-4)20(28-3)12-17(19)23(27)26-22/h5-13H,1H2,2-4H3,(H,25,26,27)/b8-6-,14-7+. The monoisotopic (exact) mass is 392 g/mol. The number of rotatable bonds is 6. The molecule has 0 amide bonds. The van der Waals surface area contributed by atoms with Gasteiger partial charge in [-0.05, 0) is 24.6 Å². The Morgan fingerprint density at radius 1 is 1.17 bits per heavy atom. The van der Waals surface area contributed by atoms with Gasteiger partial charge in [0.05, 0.1) is 25.1 Å². The zero-order valence-electron chi connectivity index (χ0n) is 16.5. The predicted molar refractivity (Wildman–Crippen MR) is 114 cm³/mol. The Kier molecular flexibility index (Phi) is 5.93. The largest absolute Gasteiger partial charge is 0.493 e. The van der Waals surface area contributed by atoms with Crippen LogP contribution < -0.4 is 15.0 Å². The molecule has 0 radical (unpaired) electrons. The minimum atomic E-state index is -0.427. The molecule has 5 nitrogen and oxygen atoms in total. The van der Waals surface area contributed by atoms with E-state index in [1.807, 2.05) is 13.0 Å². The van der Waals surface area contributed by atoms with Crippen molar-refractivity contribution >= 4 is 16.5 Å². The van der Waals surface area contributed by atoms with Crippen molar-refractivity contribution in [3.8, 4) is 22.9 Å². The third-order valence-electron chi connectivity index (χ3n) is 4.41. The summed E-state index contributed by atoms with van der Waals surface area (Å²) in [6.45, 7) is 5.52. The normalized spacial score (nSPS) is 11.8. The van der Waals surface area contributed by atoms with Gasteiger partial charge < -0.3 is 14.5 Å². The molecule has 0 saturated carbocycles. The second-order valence-electron chi connectivity index (χ2n) is 6.19. The maximum absolute atomic E-state index is 14.8. The molecule has 29 heavy (non-hydrogen) atoms. The minimum absolute atomic E-state index is 0.264. The van der Waals surface area contributed by atoms with E-state index in [4.69, 9.17) is 9.47 Å². The smallest absolute Gasteiger partial charge is 0.259 e. The molecule has 0 spiro atoms. The van der Waals surface area contributed by atoms with Crippen molar-refractivity contribution in [2.45, 2.75) is 6.92 Å². The van der Waals surface area contributed by atoms with Crippen molar-refractivity contribution in [1.29, 1.82) is 0 Å². The number of allylic oxidation sites excluding steroid dienone is 5. The number of aromatic amines is 1. The van der Waals surface area contributed by atoms with Crippen LogP contribution in [0.15, 0.2) is 66.0 Å². The highest BCUT2D eigenvalue weighted by Gasteiger charge is 2.13. The van der Waals surface area contributed by atoms with Crippen LogP contribution in [0.1, 0.15) is 12.5 Å². The topological polar surface area (TPSA) is 64.2 Å². The molecule has 1 N–H and O–H groups in total. The molecule has 0 aliphatic rings. The Morgan fingerprint density at radius 3 is 2.52 bits per heavy atom. The van der Waals surface area contributed by atoms with Crippen molar-refractivity contribution in [1.82, 2.24) is 9.97 Å². The van der Waals surface area contributed by atoms with Crippen molar-refractivity contribution in [3.63, 3.8) is 0 Å². The first kappa shape index (κ1) is 20.1. The summed E-state index contributed by atoms with van der Waals surface area (Å²) in [6.07, 6.45) is 6.96. The van der Waals surface area contributed by atoms with Crippen LogP contribution in [-0.4, -0.2) is 24.2 Å². The molecule has 0 atom stereocenters. The molecule has 1 heterocycles. The summed E-state index contributed by atoms with van der Waals surface area (Å²) >= 11 is 0. The van der Waals surface area contributed by atoms with Gasteiger partial charge in [-0.1, -0.05) is 43.0 Å². The van der Waals surface area contributed by atoms with E-state index in [9.17, 15) is 9.18 Å². The summed E-state index contributed by atoms with van der Waals surface area (Å²) in [5, 5.41) is 0.354. The van der Waals surface area contributed by atoms with Crippen LogP contribution in [-0.2, 0) is 0 Å². The highest BCUT2D eigenvalue weighted by atomic mass is 19.1. The molecule has 6 heteroatoms. The molecule has 0 aliphatic heterocycles. The first-order valence-corrected chi connectivity index (χ1v) is 8.94. The van der Waals surface area contributed by atoms with Crippen molar-refractivity contribution in [2.75, 3.05) is 14.2 Å². The number of hydrogen-bond acceptors (Lipinski definition) is 4. The van der Waals surface area contributed by atoms with E-state index >= 15 is 0 Å². The number of benzene rings is 2. The maximum Gasteiger partial charge on any atom is 0.259 e. The Balaban J connectivity index is 2.13. The summed E-state index contributed by atoms with van der Waals surface area (Å²) in [5.74, 6) is 0.723. The highest BCUT2D eigenvalue weighted by molar-refractivity contribution is 5.83. The quantitative estimate of drug-likeness (QED) is 0.607. The van der Waals surface area contributed by atoms with E-state index in [0.29, 0.717) is 39.1 Å². The van der Waals surface area contributed by atoms with Crippen molar-refractivity contribution in [3.05, 3.63) is 82.9 Å². The molecule has 0 unspecified atom stereocenters. The van der Waals surface area contributed by atoms with Gasteiger partial charge in [-0.15, -0.1) is 0 Å². The zero-order chi connectivity index (χ0) is 21.0. The van der Waals surface area contributed by atoms with Gasteiger partial charge in [0.15, 0.2) is 11.5 Å². The third kappa shape index (κ3) is 3.96. The lowest BCUT2D eigenvalue weighted by molar-refractivity contribution is 0.355. The fraction of sp³-hybridized carbons (Fsp3) is 0.130. The van der Waals surface area contributed by atoms with Gasteiger partial charge in [0.2, 0.25) is 0 Å². The fourth-order valence-corrected chi connectivity index (χ4v) is 3.04. The number of aromatic nitrogens is 2. The van der Waals surface area contributed by atoms with Crippen molar-refractivity contribution in [2.24, 2.45) is 0 Å². The molecule has 0 bridgehead atoms. The van der Waals surface area contributed by atoms with Gasteiger partial charge in [0.1, 0.15) is 11.6 Å². The van der Waals surface area contributed by atoms with Crippen molar-refractivity contribution < 1.29 is 13.9 Å². The number of ether oxygens (including phenoxy) is 2. The number of nitrogens with zero attached hydrogens (tertiary/aromatic N) is 1. The molecular formula is C23H21FN2O3. The molecule has 0 saturated heterocycles. The van der Waals surface area contributed by atoms with E-state index in [1.165, 1.54) is 20.3 Å². The highest BCUT2D eigenvalue weighted by Crippen LogP contribution is 2.31. The lowest BCUT2D eigenvalue weighted by atomic mass is 10.0. The van der Waals surface area contributed by atoms with Crippen LogP contribution in [0.4, 0.5) is 4.39 Å². The van der Waals surface area contributed by atoms with Crippen LogP contribution in [0, 0.1) is 5.82 Å². The van der Waals surface area contributed by atoms with E-state index < -0.39 is 5.82 Å². The Bertz CT molecular complexity index is 1190. The van der Waals surface area contributed by atoms with Gasteiger partial charge in [0.25, 0.3) is 5.56 Å². The minimum Gasteiger partial charge on any atom is -0.493 e.